The summed E-state index contributed by atoms with van der Waals surface area (Å²) in [6, 6.07) is 17.1. The van der Waals surface area contributed by atoms with Crippen LogP contribution in [0.4, 0.5) is 0 Å². The first-order valence-electron chi connectivity index (χ1n) is 9.48. The molecule has 3 aromatic rings. The van der Waals surface area contributed by atoms with Gasteiger partial charge in [-0.05, 0) is 48.5 Å². The first-order valence-corrected chi connectivity index (χ1v) is 10.3. The van der Waals surface area contributed by atoms with Crippen molar-refractivity contribution in [2.24, 2.45) is 0 Å². The van der Waals surface area contributed by atoms with Gasteiger partial charge in [0.2, 0.25) is 0 Å². The molecule has 0 aliphatic heterocycles. The highest BCUT2D eigenvalue weighted by atomic mass is 79.9. The average molecular weight is 427 g/mol. The fourth-order valence-corrected chi connectivity index (χ4v) is 3.27. The molecule has 27 heavy (non-hydrogen) atoms. The Morgan fingerprint density at radius 3 is 2.19 bits per heavy atom. The molecular formula is C22H27BrN4. The molecule has 1 aromatic heterocycles. The first-order chi connectivity index (χ1) is 13.2. The smallest absolute Gasteiger partial charge is 0.0646 e. The summed E-state index contributed by atoms with van der Waals surface area (Å²) in [5, 5.41) is 7.96. The number of hydrogen-bond donors (Lipinski definition) is 1. The zero-order chi connectivity index (χ0) is 19.1. The normalized spacial score (nSPS) is 11.3. The van der Waals surface area contributed by atoms with Crippen LogP contribution in [0.15, 0.2) is 65.4 Å². The quantitative estimate of drug-likeness (QED) is 0.534. The van der Waals surface area contributed by atoms with Crippen LogP contribution < -0.4 is 5.32 Å². The predicted molar refractivity (Wildman–Crippen MR) is 115 cm³/mol. The molecule has 2 aromatic carbocycles. The van der Waals surface area contributed by atoms with Gasteiger partial charge in [0.1, 0.15) is 0 Å². The fraction of sp³-hybridized carbons (Fsp3) is 0.318. The second-order valence-electron chi connectivity index (χ2n) is 6.65. The lowest BCUT2D eigenvalue weighted by Crippen LogP contribution is -2.22. The van der Waals surface area contributed by atoms with Crippen LogP contribution in [0.2, 0.25) is 0 Å². The van der Waals surface area contributed by atoms with E-state index in [2.05, 4.69) is 75.6 Å². The lowest BCUT2D eigenvalue weighted by Gasteiger charge is -2.18. The Hall–Kier alpha value is -1.95. The molecule has 0 unspecified atom stereocenters. The molecule has 0 amide bonds. The van der Waals surface area contributed by atoms with Crippen molar-refractivity contribution in [2.45, 2.75) is 33.5 Å². The summed E-state index contributed by atoms with van der Waals surface area (Å²) in [5.74, 6) is 0. The van der Waals surface area contributed by atoms with Crippen molar-refractivity contribution in [1.82, 2.24) is 20.0 Å². The molecule has 1 N–H and O–H groups in total. The number of hydrogen-bond acceptors (Lipinski definition) is 3. The van der Waals surface area contributed by atoms with Crippen LogP contribution in [0.1, 0.15) is 30.5 Å². The topological polar surface area (TPSA) is 33.1 Å². The van der Waals surface area contributed by atoms with E-state index < -0.39 is 0 Å². The molecule has 0 aliphatic rings. The highest BCUT2D eigenvalue weighted by molar-refractivity contribution is 9.10. The Balaban J connectivity index is 1.49. The van der Waals surface area contributed by atoms with E-state index in [0.717, 1.165) is 42.9 Å². The molecule has 0 saturated heterocycles. The summed E-state index contributed by atoms with van der Waals surface area (Å²) in [5.41, 5.74) is 4.92. The standard InChI is InChI=1S/C22H27BrN4/c1-3-26(4-2)16-19-7-5-18(6-8-19)13-24-14-20-15-25-27(17-20)22-11-9-21(23)10-12-22/h5-12,15,17,24H,3-4,13-14,16H2,1-2H3. The third kappa shape index (κ3) is 5.76. The van der Waals surface area contributed by atoms with Gasteiger partial charge < -0.3 is 5.32 Å². The summed E-state index contributed by atoms with van der Waals surface area (Å²) in [7, 11) is 0. The fourth-order valence-electron chi connectivity index (χ4n) is 3.01. The minimum absolute atomic E-state index is 0.803. The largest absolute Gasteiger partial charge is 0.309 e. The summed E-state index contributed by atoms with van der Waals surface area (Å²) >= 11 is 3.46. The Bertz CT molecular complexity index is 820. The Kier molecular flexibility index (Phi) is 7.21. The zero-order valence-corrected chi connectivity index (χ0v) is 17.6. The van der Waals surface area contributed by atoms with Gasteiger partial charge in [0, 0.05) is 35.9 Å². The van der Waals surface area contributed by atoms with E-state index in [1.165, 1.54) is 16.7 Å². The molecule has 0 aliphatic carbocycles. The van der Waals surface area contributed by atoms with Gasteiger partial charge in [-0.3, -0.25) is 4.90 Å². The maximum Gasteiger partial charge on any atom is 0.0646 e. The third-order valence-electron chi connectivity index (χ3n) is 4.71. The number of benzene rings is 2. The van der Waals surface area contributed by atoms with Crippen LogP contribution in [0.25, 0.3) is 5.69 Å². The SMILES string of the molecule is CCN(CC)Cc1ccc(CNCc2cnn(-c3ccc(Br)cc3)c2)cc1. The van der Waals surface area contributed by atoms with Gasteiger partial charge in [0.15, 0.2) is 0 Å². The molecule has 0 radical (unpaired) electrons. The molecule has 4 nitrogen and oxygen atoms in total. The number of nitrogens with one attached hydrogen (secondary N) is 1. The predicted octanol–water partition coefficient (Wildman–Crippen LogP) is 4.77. The molecule has 0 spiro atoms. The molecule has 0 saturated carbocycles. The van der Waals surface area contributed by atoms with Gasteiger partial charge in [-0.1, -0.05) is 54.0 Å². The van der Waals surface area contributed by atoms with E-state index in [9.17, 15) is 0 Å². The highest BCUT2D eigenvalue weighted by Crippen LogP contribution is 2.14. The van der Waals surface area contributed by atoms with Gasteiger partial charge in [-0.2, -0.15) is 5.10 Å². The summed E-state index contributed by atoms with van der Waals surface area (Å²) < 4.78 is 2.98. The van der Waals surface area contributed by atoms with Crippen molar-refractivity contribution in [1.29, 1.82) is 0 Å². The lowest BCUT2D eigenvalue weighted by molar-refractivity contribution is 0.296. The third-order valence-corrected chi connectivity index (χ3v) is 5.24. The van der Waals surface area contributed by atoms with Crippen molar-refractivity contribution in [3.8, 4) is 5.69 Å². The zero-order valence-electron chi connectivity index (χ0n) is 16.0. The van der Waals surface area contributed by atoms with Gasteiger partial charge in [0.05, 0.1) is 11.9 Å². The van der Waals surface area contributed by atoms with Gasteiger partial charge in [-0.15, -0.1) is 0 Å². The Labute approximate surface area is 170 Å². The summed E-state index contributed by atoms with van der Waals surface area (Å²) in [6.45, 7) is 9.28. The maximum absolute atomic E-state index is 4.45. The van der Waals surface area contributed by atoms with E-state index in [1.54, 1.807) is 0 Å². The van der Waals surface area contributed by atoms with Crippen molar-refractivity contribution < 1.29 is 0 Å². The number of halogens is 1. The molecule has 3 rings (SSSR count). The molecule has 0 atom stereocenters. The molecule has 142 valence electrons. The summed E-state index contributed by atoms with van der Waals surface area (Å²) in [4.78, 5) is 2.43. The van der Waals surface area contributed by atoms with Crippen LogP contribution in [0.3, 0.4) is 0 Å². The van der Waals surface area contributed by atoms with Gasteiger partial charge >= 0.3 is 0 Å². The van der Waals surface area contributed by atoms with Crippen molar-refractivity contribution in [3.63, 3.8) is 0 Å². The van der Waals surface area contributed by atoms with Crippen molar-refractivity contribution in [2.75, 3.05) is 13.1 Å². The Morgan fingerprint density at radius 1 is 0.889 bits per heavy atom. The van der Waals surface area contributed by atoms with Crippen LogP contribution >= 0.6 is 15.9 Å². The van der Waals surface area contributed by atoms with Crippen LogP contribution in [0, 0.1) is 0 Å². The van der Waals surface area contributed by atoms with E-state index in [1.807, 2.05) is 35.1 Å². The average Bonchev–Trinajstić information content (AvgIpc) is 3.17. The first kappa shape index (κ1) is 19.8. The van der Waals surface area contributed by atoms with Gasteiger partial charge in [0.25, 0.3) is 0 Å². The van der Waals surface area contributed by atoms with Crippen LogP contribution in [0.5, 0.6) is 0 Å². The summed E-state index contributed by atoms with van der Waals surface area (Å²) in [6.07, 6.45) is 3.99. The van der Waals surface area contributed by atoms with Crippen molar-refractivity contribution >= 4 is 15.9 Å². The van der Waals surface area contributed by atoms with Gasteiger partial charge in [-0.25, -0.2) is 4.68 Å². The molecular weight excluding hydrogens is 400 g/mol. The number of nitrogens with zero attached hydrogens (tertiary/aromatic N) is 3. The van der Waals surface area contributed by atoms with E-state index in [-0.39, 0.29) is 0 Å². The Morgan fingerprint density at radius 2 is 1.52 bits per heavy atom. The van der Waals surface area contributed by atoms with Crippen molar-refractivity contribution in [3.05, 3.63) is 82.1 Å². The molecule has 0 bridgehead atoms. The van der Waals surface area contributed by atoms with E-state index in [0.29, 0.717) is 0 Å². The number of rotatable bonds is 9. The monoisotopic (exact) mass is 426 g/mol. The van der Waals surface area contributed by atoms with E-state index >= 15 is 0 Å². The minimum Gasteiger partial charge on any atom is -0.309 e. The highest BCUT2D eigenvalue weighted by Gasteiger charge is 2.03. The van der Waals surface area contributed by atoms with E-state index in [4.69, 9.17) is 0 Å². The molecule has 0 fully saturated rings. The second kappa shape index (κ2) is 9.83. The molecule has 5 heteroatoms. The minimum atomic E-state index is 0.803. The van der Waals surface area contributed by atoms with Crippen LogP contribution in [-0.4, -0.2) is 27.8 Å². The lowest BCUT2D eigenvalue weighted by atomic mass is 10.1. The molecule has 1 heterocycles. The second-order valence-corrected chi connectivity index (χ2v) is 7.57. The van der Waals surface area contributed by atoms with Crippen LogP contribution in [-0.2, 0) is 19.6 Å². The maximum atomic E-state index is 4.45. The number of aromatic nitrogens is 2.